The van der Waals surface area contributed by atoms with E-state index in [2.05, 4.69) is 0 Å². The first-order valence-corrected chi connectivity index (χ1v) is 5.63. The maximum absolute atomic E-state index is 13.9. The largest absolute Gasteiger partial charge is 0.491 e. The van der Waals surface area contributed by atoms with Crippen molar-refractivity contribution < 1.29 is 24.0 Å². The monoisotopic (exact) mass is 253 g/mol. The lowest BCUT2D eigenvalue weighted by atomic mass is 9.79. The van der Waals surface area contributed by atoms with Gasteiger partial charge >= 0.3 is 7.12 Å². The van der Waals surface area contributed by atoms with Gasteiger partial charge in [-0.3, -0.25) is 4.79 Å². The van der Waals surface area contributed by atoms with E-state index in [1.165, 1.54) is 23.1 Å². The van der Waals surface area contributed by atoms with Gasteiger partial charge in [0.05, 0.1) is 18.8 Å². The van der Waals surface area contributed by atoms with Crippen LogP contribution >= 0.6 is 0 Å². The van der Waals surface area contributed by atoms with E-state index in [1.54, 1.807) is 0 Å². The summed E-state index contributed by atoms with van der Waals surface area (Å²) in [5, 5.41) is 18.0. The third-order valence-electron chi connectivity index (χ3n) is 2.84. The molecule has 1 aromatic rings. The molecule has 0 aliphatic carbocycles. The van der Waals surface area contributed by atoms with E-state index in [9.17, 15) is 9.18 Å². The molecule has 7 heteroatoms. The normalized spacial score (nSPS) is 15.6. The molecule has 1 aliphatic rings. The van der Waals surface area contributed by atoms with E-state index in [0.29, 0.717) is 26.3 Å². The summed E-state index contributed by atoms with van der Waals surface area (Å²) in [5.74, 6) is -1.35. The second kappa shape index (κ2) is 5.47. The quantitative estimate of drug-likeness (QED) is 0.662. The summed E-state index contributed by atoms with van der Waals surface area (Å²) in [7, 11) is -1.93. The lowest BCUT2D eigenvalue weighted by Crippen LogP contribution is -2.42. The first-order chi connectivity index (χ1) is 8.61. The van der Waals surface area contributed by atoms with Gasteiger partial charge in [-0.1, -0.05) is 12.1 Å². The minimum absolute atomic E-state index is 0.150. The van der Waals surface area contributed by atoms with Crippen LogP contribution in [0.4, 0.5) is 4.39 Å². The number of rotatable bonds is 2. The zero-order valence-corrected chi connectivity index (χ0v) is 9.67. The van der Waals surface area contributed by atoms with Crippen LogP contribution in [0.2, 0.25) is 0 Å². The molecule has 0 spiro atoms. The molecule has 1 fully saturated rings. The first kappa shape index (κ1) is 13.0. The molecule has 1 aromatic carbocycles. The van der Waals surface area contributed by atoms with E-state index in [4.69, 9.17) is 14.8 Å². The molecule has 0 atom stereocenters. The maximum atomic E-state index is 13.9. The smallest absolute Gasteiger partial charge is 0.423 e. The number of nitrogens with zero attached hydrogens (tertiary/aromatic N) is 1. The summed E-state index contributed by atoms with van der Waals surface area (Å²) in [6, 6.07) is 3.99. The van der Waals surface area contributed by atoms with Gasteiger partial charge in [-0.25, -0.2) is 4.39 Å². The van der Waals surface area contributed by atoms with Crippen LogP contribution in [-0.2, 0) is 4.74 Å². The standard InChI is InChI=1S/C11H13BFNO4/c13-10-8(2-1-3-9(10)12(16)17)11(15)14-4-6-18-7-5-14/h1-3,16-17H,4-7H2. The Hall–Kier alpha value is -1.44. The molecule has 0 unspecified atom stereocenters. The van der Waals surface area contributed by atoms with Gasteiger partial charge in [0.2, 0.25) is 0 Å². The molecule has 18 heavy (non-hydrogen) atoms. The number of morpholine rings is 1. The van der Waals surface area contributed by atoms with Crippen LogP contribution < -0.4 is 5.46 Å². The van der Waals surface area contributed by atoms with Crippen LogP contribution in [-0.4, -0.2) is 54.3 Å². The van der Waals surface area contributed by atoms with Gasteiger partial charge in [-0.2, -0.15) is 0 Å². The van der Waals surface area contributed by atoms with Crippen molar-refractivity contribution in [3.05, 3.63) is 29.6 Å². The van der Waals surface area contributed by atoms with Crippen molar-refractivity contribution in [2.24, 2.45) is 0 Å². The van der Waals surface area contributed by atoms with Crippen molar-refractivity contribution in [2.45, 2.75) is 0 Å². The number of carbonyl (C=O) groups excluding carboxylic acids is 1. The molecule has 1 saturated heterocycles. The molecule has 96 valence electrons. The van der Waals surface area contributed by atoms with E-state index in [1.807, 2.05) is 0 Å². The summed E-state index contributed by atoms with van der Waals surface area (Å²) in [6.07, 6.45) is 0. The predicted octanol–water partition coefficient (Wildman–Crippen LogP) is -1.02. The third-order valence-corrected chi connectivity index (χ3v) is 2.84. The highest BCUT2D eigenvalue weighted by Gasteiger charge is 2.25. The van der Waals surface area contributed by atoms with Gasteiger partial charge in [0.1, 0.15) is 5.82 Å². The fourth-order valence-corrected chi connectivity index (χ4v) is 1.85. The fourth-order valence-electron chi connectivity index (χ4n) is 1.85. The Labute approximate surface area is 104 Å². The van der Waals surface area contributed by atoms with Crippen LogP contribution in [0.3, 0.4) is 0 Å². The molecular weight excluding hydrogens is 240 g/mol. The minimum atomic E-state index is -1.93. The van der Waals surface area contributed by atoms with Crippen LogP contribution in [0.15, 0.2) is 18.2 Å². The average Bonchev–Trinajstić information content (AvgIpc) is 2.39. The summed E-state index contributed by atoms with van der Waals surface area (Å²) >= 11 is 0. The molecular formula is C11H13BFNO4. The van der Waals surface area contributed by atoms with E-state index >= 15 is 0 Å². The molecule has 5 nitrogen and oxygen atoms in total. The van der Waals surface area contributed by atoms with E-state index < -0.39 is 18.8 Å². The molecule has 0 radical (unpaired) electrons. The Morgan fingerprint density at radius 2 is 2.00 bits per heavy atom. The molecule has 1 aliphatic heterocycles. The van der Waals surface area contributed by atoms with E-state index in [-0.39, 0.29) is 11.0 Å². The number of hydrogen-bond acceptors (Lipinski definition) is 4. The molecule has 2 rings (SSSR count). The predicted molar refractivity (Wildman–Crippen MR) is 62.9 cm³/mol. The lowest BCUT2D eigenvalue weighted by Gasteiger charge is -2.27. The topological polar surface area (TPSA) is 70.0 Å². The second-order valence-corrected chi connectivity index (χ2v) is 3.99. The Morgan fingerprint density at radius 1 is 1.33 bits per heavy atom. The SMILES string of the molecule is O=C(c1cccc(B(O)O)c1F)N1CCOCC1. The number of benzene rings is 1. The molecule has 1 amide bonds. The highest BCUT2D eigenvalue weighted by Crippen LogP contribution is 2.10. The van der Waals surface area contributed by atoms with Gasteiger partial charge in [0, 0.05) is 18.6 Å². The molecule has 0 saturated carbocycles. The van der Waals surface area contributed by atoms with Crippen molar-refractivity contribution >= 4 is 18.5 Å². The van der Waals surface area contributed by atoms with Crippen molar-refractivity contribution in [3.63, 3.8) is 0 Å². The summed E-state index contributed by atoms with van der Waals surface area (Å²) in [6.45, 7) is 1.67. The number of ether oxygens (including phenoxy) is 1. The second-order valence-electron chi connectivity index (χ2n) is 3.99. The highest BCUT2D eigenvalue weighted by atomic mass is 19.1. The Bertz CT molecular complexity index is 449. The minimum Gasteiger partial charge on any atom is -0.423 e. The molecule has 1 heterocycles. The van der Waals surface area contributed by atoms with Gasteiger partial charge < -0.3 is 19.7 Å². The van der Waals surface area contributed by atoms with E-state index in [0.717, 1.165) is 0 Å². The van der Waals surface area contributed by atoms with Crippen molar-refractivity contribution in [2.75, 3.05) is 26.3 Å². The van der Waals surface area contributed by atoms with Gasteiger partial charge in [-0.15, -0.1) is 0 Å². The number of hydrogen-bond donors (Lipinski definition) is 2. The summed E-state index contributed by atoms with van der Waals surface area (Å²) < 4.78 is 19.0. The molecule has 0 bridgehead atoms. The van der Waals surface area contributed by atoms with Crippen LogP contribution in [0, 0.1) is 5.82 Å². The van der Waals surface area contributed by atoms with Crippen LogP contribution in [0.5, 0.6) is 0 Å². The zero-order chi connectivity index (χ0) is 13.1. The van der Waals surface area contributed by atoms with Gasteiger partial charge in [0.25, 0.3) is 5.91 Å². The van der Waals surface area contributed by atoms with Crippen LogP contribution in [0.1, 0.15) is 10.4 Å². The van der Waals surface area contributed by atoms with Crippen molar-refractivity contribution in [1.29, 1.82) is 0 Å². The maximum Gasteiger partial charge on any atom is 0.491 e. The lowest BCUT2D eigenvalue weighted by molar-refractivity contribution is 0.0300. The van der Waals surface area contributed by atoms with Gasteiger partial charge in [-0.05, 0) is 6.07 Å². The number of halogens is 1. The summed E-state index contributed by atoms with van der Waals surface area (Å²) in [5.41, 5.74) is -0.448. The zero-order valence-electron chi connectivity index (χ0n) is 9.67. The molecule has 2 N–H and O–H groups in total. The van der Waals surface area contributed by atoms with Crippen molar-refractivity contribution in [3.8, 4) is 0 Å². The molecule has 0 aromatic heterocycles. The summed E-state index contributed by atoms with van der Waals surface area (Å²) in [4.78, 5) is 13.5. The first-order valence-electron chi connectivity index (χ1n) is 5.63. The average molecular weight is 253 g/mol. The Morgan fingerprint density at radius 3 is 2.61 bits per heavy atom. The van der Waals surface area contributed by atoms with Crippen molar-refractivity contribution in [1.82, 2.24) is 4.90 Å². The fraction of sp³-hybridized carbons (Fsp3) is 0.364. The highest BCUT2D eigenvalue weighted by molar-refractivity contribution is 6.58. The number of amides is 1. The van der Waals surface area contributed by atoms with Gasteiger partial charge in [0.15, 0.2) is 0 Å². The Balaban J connectivity index is 2.27. The number of carbonyl (C=O) groups is 1. The third kappa shape index (κ3) is 2.53. The Kier molecular flexibility index (Phi) is 3.95. The van der Waals surface area contributed by atoms with Crippen LogP contribution in [0.25, 0.3) is 0 Å².